The summed E-state index contributed by atoms with van der Waals surface area (Å²) in [7, 11) is 0. The largest absolute Gasteiger partial charge is 0.379 e. The fraction of sp³-hybridized carbons (Fsp3) is 0.467. The molecule has 2 aromatic heterocycles. The highest BCUT2D eigenvalue weighted by atomic mass is 32.1. The quantitative estimate of drug-likeness (QED) is 0.944. The number of pyridine rings is 1. The molecule has 3 heterocycles. The molecule has 112 valence electrons. The summed E-state index contributed by atoms with van der Waals surface area (Å²) in [5.74, 6) is 0.0246. The highest BCUT2D eigenvalue weighted by molar-refractivity contribution is 7.17. The zero-order valence-electron chi connectivity index (χ0n) is 12.3. The first kappa shape index (κ1) is 14.4. The normalized spacial score (nSPS) is 16.3. The lowest BCUT2D eigenvalue weighted by Gasteiger charge is -2.25. The number of rotatable bonds is 3. The minimum atomic E-state index is 0.0246. The molecule has 21 heavy (non-hydrogen) atoms. The Labute approximate surface area is 127 Å². The fourth-order valence-corrected chi connectivity index (χ4v) is 3.62. The van der Waals surface area contributed by atoms with Gasteiger partial charge in [-0.3, -0.25) is 9.69 Å². The van der Waals surface area contributed by atoms with Crippen molar-refractivity contribution in [3.8, 4) is 0 Å². The molecule has 1 aliphatic rings. The first-order valence-electron chi connectivity index (χ1n) is 7.09. The van der Waals surface area contributed by atoms with Crippen molar-refractivity contribution in [3.63, 3.8) is 0 Å². The maximum absolute atomic E-state index is 12.2. The van der Waals surface area contributed by atoms with E-state index in [1.807, 2.05) is 18.4 Å². The Balaban J connectivity index is 1.74. The topological polar surface area (TPSA) is 54.5 Å². The van der Waals surface area contributed by atoms with Crippen LogP contribution in [0, 0.1) is 13.8 Å². The molecule has 6 heteroatoms. The predicted octanol–water partition coefficient (Wildman–Crippen LogP) is 2.18. The molecular weight excluding hydrogens is 286 g/mol. The zero-order valence-corrected chi connectivity index (χ0v) is 13.1. The van der Waals surface area contributed by atoms with Crippen molar-refractivity contribution in [1.82, 2.24) is 9.88 Å². The maximum Gasteiger partial charge on any atom is 0.238 e. The summed E-state index contributed by atoms with van der Waals surface area (Å²) in [6.45, 7) is 7.51. The van der Waals surface area contributed by atoms with E-state index >= 15 is 0 Å². The summed E-state index contributed by atoms with van der Waals surface area (Å²) in [4.78, 5) is 19.8. The number of aryl methyl sites for hydroxylation is 2. The minimum Gasteiger partial charge on any atom is -0.379 e. The van der Waals surface area contributed by atoms with Gasteiger partial charge in [0.25, 0.3) is 0 Å². The minimum absolute atomic E-state index is 0.0246. The first-order chi connectivity index (χ1) is 10.1. The molecule has 1 saturated heterocycles. The van der Waals surface area contributed by atoms with E-state index in [4.69, 9.17) is 4.74 Å². The Morgan fingerprint density at radius 2 is 2.19 bits per heavy atom. The summed E-state index contributed by atoms with van der Waals surface area (Å²) in [5.41, 5.74) is 3.03. The van der Waals surface area contributed by atoms with Crippen LogP contribution in [0.4, 0.5) is 5.69 Å². The molecule has 0 aromatic carbocycles. The number of aromatic nitrogens is 1. The van der Waals surface area contributed by atoms with Gasteiger partial charge in [0.2, 0.25) is 5.91 Å². The third kappa shape index (κ3) is 3.23. The third-order valence-electron chi connectivity index (χ3n) is 3.61. The number of hydrogen-bond donors (Lipinski definition) is 1. The number of nitrogens with zero attached hydrogens (tertiary/aromatic N) is 2. The molecule has 3 rings (SSSR count). The van der Waals surface area contributed by atoms with E-state index in [-0.39, 0.29) is 5.91 Å². The number of nitrogens with one attached hydrogen (secondary N) is 1. The summed E-state index contributed by atoms with van der Waals surface area (Å²) in [5, 5.41) is 6.05. The van der Waals surface area contributed by atoms with Crippen molar-refractivity contribution >= 4 is 33.1 Å². The lowest BCUT2D eigenvalue weighted by molar-refractivity contribution is -0.118. The summed E-state index contributed by atoms with van der Waals surface area (Å²) < 4.78 is 5.29. The molecule has 1 aliphatic heterocycles. The average Bonchev–Trinajstić information content (AvgIpc) is 2.82. The second-order valence-electron chi connectivity index (χ2n) is 5.35. The molecule has 0 saturated carbocycles. The van der Waals surface area contributed by atoms with Gasteiger partial charge in [-0.05, 0) is 25.5 Å². The number of amides is 1. The van der Waals surface area contributed by atoms with Gasteiger partial charge >= 0.3 is 0 Å². The van der Waals surface area contributed by atoms with Crippen molar-refractivity contribution in [2.24, 2.45) is 0 Å². The molecule has 0 radical (unpaired) electrons. The number of fused-ring (bicyclic) bond motifs is 1. The van der Waals surface area contributed by atoms with Crippen LogP contribution in [-0.2, 0) is 9.53 Å². The molecule has 5 nitrogen and oxygen atoms in total. The molecule has 1 fully saturated rings. The summed E-state index contributed by atoms with van der Waals surface area (Å²) >= 11 is 1.57. The lowest BCUT2D eigenvalue weighted by Crippen LogP contribution is -2.41. The van der Waals surface area contributed by atoms with Gasteiger partial charge in [-0.2, -0.15) is 0 Å². The fourth-order valence-electron chi connectivity index (χ4n) is 2.63. The SMILES string of the molecule is Cc1cc(C)c2c(NC(=O)CN3CCOCC3)csc2n1. The molecule has 0 atom stereocenters. The smallest absolute Gasteiger partial charge is 0.238 e. The van der Waals surface area contributed by atoms with Gasteiger partial charge in [-0.15, -0.1) is 11.3 Å². The summed E-state index contributed by atoms with van der Waals surface area (Å²) in [6.07, 6.45) is 0. The maximum atomic E-state index is 12.2. The van der Waals surface area contributed by atoms with Gasteiger partial charge in [0.1, 0.15) is 4.83 Å². The second-order valence-corrected chi connectivity index (χ2v) is 6.20. The zero-order chi connectivity index (χ0) is 14.8. The highest BCUT2D eigenvalue weighted by Gasteiger charge is 2.16. The van der Waals surface area contributed by atoms with Crippen LogP contribution in [0.15, 0.2) is 11.4 Å². The number of thiophene rings is 1. The Hall–Kier alpha value is -1.50. The number of ether oxygens (including phenoxy) is 1. The van der Waals surface area contributed by atoms with Crippen LogP contribution in [0.5, 0.6) is 0 Å². The van der Waals surface area contributed by atoms with E-state index < -0.39 is 0 Å². The van der Waals surface area contributed by atoms with Gasteiger partial charge in [0, 0.05) is 29.5 Å². The van der Waals surface area contributed by atoms with Crippen molar-refractivity contribution in [3.05, 3.63) is 22.7 Å². The predicted molar refractivity (Wildman–Crippen MR) is 85.0 cm³/mol. The van der Waals surface area contributed by atoms with Crippen LogP contribution in [0.2, 0.25) is 0 Å². The Kier molecular flexibility index (Phi) is 4.19. The monoisotopic (exact) mass is 305 g/mol. The molecule has 0 spiro atoms. The standard InChI is InChI=1S/C15H19N3O2S/c1-10-7-11(2)16-15-14(10)12(9-21-15)17-13(19)8-18-3-5-20-6-4-18/h7,9H,3-6,8H2,1-2H3,(H,17,19). The van der Waals surface area contributed by atoms with Crippen LogP contribution in [0.3, 0.4) is 0 Å². The molecule has 1 N–H and O–H groups in total. The van der Waals surface area contributed by atoms with Crippen LogP contribution in [0.25, 0.3) is 10.2 Å². The Morgan fingerprint density at radius 3 is 2.95 bits per heavy atom. The Bertz CT molecular complexity index is 662. The molecule has 0 aliphatic carbocycles. The number of morpholine rings is 1. The van der Waals surface area contributed by atoms with Crippen molar-refractivity contribution in [2.45, 2.75) is 13.8 Å². The van der Waals surface area contributed by atoms with Crippen LogP contribution in [0.1, 0.15) is 11.3 Å². The molecule has 1 amide bonds. The second kappa shape index (κ2) is 6.09. The van der Waals surface area contributed by atoms with Gasteiger partial charge in [-0.25, -0.2) is 4.98 Å². The van der Waals surface area contributed by atoms with Gasteiger partial charge in [0.05, 0.1) is 25.4 Å². The average molecular weight is 305 g/mol. The van der Waals surface area contributed by atoms with E-state index in [1.54, 1.807) is 11.3 Å². The molecular formula is C15H19N3O2S. The number of anilines is 1. The van der Waals surface area contributed by atoms with Gasteiger partial charge in [-0.1, -0.05) is 0 Å². The van der Waals surface area contributed by atoms with E-state index in [2.05, 4.69) is 22.1 Å². The lowest BCUT2D eigenvalue weighted by atomic mass is 10.1. The number of hydrogen-bond acceptors (Lipinski definition) is 5. The molecule has 0 bridgehead atoms. The van der Waals surface area contributed by atoms with E-state index in [0.717, 1.165) is 40.3 Å². The highest BCUT2D eigenvalue weighted by Crippen LogP contribution is 2.31. The van der Waals surface area contributed by atoms with Crippen molar-refractivity contribution < 1.29 is 9.53 Å². The van der Waals surface area contributed by atoms with Gasteiger partial charge < -0.3 is 10.1 Å². The summed E-state index contributed by atoms with van der Waals surface area (Å²) in [6, 6.07) is 2.05. The van der Waals surface area contributed by atoms with Crippen LogP contribution < -0.4 is 5.32 Å². The Morgan fingerprint density at radius 1 is 1.43 bits per heavy atom. The van der Waals surface area contributed by atoms with E-state index in [1.165, 1.54) is 0 Å². The van der Waals surface area contributed by atoms with Crippen LogP contribution >= 0.6 is 11.3 Å². The molecule has 0 unspecified atom stereocenters. The van der Waals surface area contributed by atoms with Crippen LogP contribution in [-0.4, -0.2) is 48.6 Å². The number of carbonyl (C=O) groups is 1. The first-order valence-corrected chi connectivity index (χ1v) is 7.97. The number of carbonyl (C=O) groups excluding carboxylic acids is 1. The third-order valence-corrected chi connectivity index (χ3v) is 4.49. The van der Waals surface area contributed by atoms with Gasteiger partial charge in [0.15, 0.2) is 0 Å². The molecule has 2 aromatic rings. The van der Waals surface area contributed by atoms with E-state index in [9.17, 15) is 4.79 Å². The van der Waals surface area contributed by atoms with Crippen molar-refractivity contribution in [1.29, 1.82) is 0 Å². The van der Waals surface area contributed by atoms with Crippen molar-refractivity contribution in [2.75, 3.05) is 38.2 Å². The van der Waals surface area contributed by atoms with E-state index in [0.29, 0.717) is 19.8 Å².